The lowest BCUT2D eigenvalue weighted by molar-refractivity contribution is -0.121. The quantitative estimate of drug-likeness (QED) is 0.444. The summed E-state index contributed by atoms with van der Waals surface area (Å²) in [5.74, 6) is 1.23. The molecule has 1 atom stereocenters. The van der Waals surface area contributed by atoms with Gasteiger partial charge < -0.3 is 19.8 Å². The second-order valence-electron chi connectivity index (χ2n) is 7.71. The zero-order chi connectivity index (χ0) is 22.7. The fraction of sp³-hybridized carbons (Fsp3) is 0.292. The number of amides is 1. The third kappa shape index (κ3) is 4.16. The molecule has 32 heavy (non-hydrogen) atoms. The lowest BCUT2D eigenvalue weighted by Crippen LogP contribution is -2.30. The standard InChI is InChI=1S/C24H26N4O4/c1-15(16-7-5-4-6-8-16)13-25-21(29)9-10-28-14-26-22-17-11-19(31-2)20(32-3)12-18(17)27-23(22)24(28)30/h4-8,11-12,14-15,27H,9-10,13H2,1-3H3,(H,25,29). The smallest absolute Gasteiger partial charge is 0.277 e. The summed E-state index contributed by atoms with van der Waals surface area (Å²) in [6.07, 6.45) is 1.67. The van der Waals surface area contributed by atoms with Crippen LogP contribution in [-0.4, -0.2) is 41.2 Å². The number of hydrogen-bond acceptors (Lipinski definition) is 5. The van der Waals surface area contributed by atoms with E-state index in [9.17, 15) is 9.59 Å². The zero-order valence-corrected chi connectivity index (χ0v) is 18.3. The second-order valence-corrected chi connectivity index (χ2v) is 7.71. The van der Waals surface area contributed by atoms with Crippen LogP contribution >= 0.6 is 0 Å². The summed E-state index contributed by atoms with van der Waals surface area (Å²) in [5, 5.41) is 3.72. The molecule has 0 aliphatic heterocycles. The molecule has 0 aliphatic carbocycles. The maximum absolute atomic E-state index is 13.0. The van der Waals surface area contributed by atoms with E-state index in [0.29, 0.717) is 29.1 Å². The van der Waals surface area contributed by atoms with Crippen molar-refractivity contribution in [3.05, 3.63) is 64.7 Å². The summed E-state index contributed by atoms with van der Waals surface area (Å²) in [5.41, 5.74) is 2.62. The Bertz CT molecular complexity index is 1310. The topological polar surface area (TPSA) is 98.2 Å². The van der Waals surface area contributed by atoms with E-state index in [0.717, 1.165) is 10.9 Å². The first-order valence-corrected chi connectivity index (χ1v) is 10.5. The molecule has 0 saturated carbocycles. The monoisotopic (exact) mass is 434 g/mol. The fourth-order valence-corrected chi connectivity index (χ4v) is 3.76. The maximum atomic E-state index is 13.0. The van der Waals surface area contributed by atoms with Gasteiger partial charge in [-0.15, -0.1) is 0 Å². The first kappa shape index (κ1) is 21.4. The van der Waals surface area contributed by atoms with Crippen LogP contribution in [0.2, 0.25) is 0 Å². The predicted molar refractivity (Wildman–Crippen MR) is 123 cm³/mol. The van der Waals surface area contributed by atoms with E-state index in [-0.39, 0.29) is 30.3 Å². The molecule has 0 fully saturated rings. The Hall–Kier alpha value is -3.81. The van der Waals surface area contributed by atoms with Gasteiger partial charge in [-0.3, -0.25) is 14.2 Å². The molecule has 0 radical (unpaired) electrons. The van der Waals surface area contributed by atoms with Crippen molar-refractivity contribution < 1.29 is 14.3 Å². The molecular formula is C24H26N4O4. The Morgan fingerprint density at radius 1 is 1.16 bits per heavy atom. The van der Waals surface area contributed by atoms with E-state index in [4.69, 9.17) is 9.47 Å². The number of carbonyl (C=O) groups is 1. The molecule has 4 aromatic rings. The van der Waals surface area contributed by atoms with Crippen LogP contribution < -0.4 is 20.3 Å². The summed E-state index contributed by atoms with van der Waals surface area (Å²) in [7, 11) is 3.12. The first-order valence-electron chi connectivity index (χ1n) is 10.5. The number of aryl methyl sites for hydroxylation is 1. The minimum atomic E-state index is -0.227. The molecule has 1 amide bonds. The van der Waals surface area contributed by atoms with Gasteiger partial charge in [0.15, 0.2) is 11.5 Å². The van der Waals surface area contributed by atoms with Gasteiger partial charge in [-0.05, 0) is 17.5 Å². The van der Waals surface area contributed by atoms with Crippen molar-refractivity contribution in [1.82, 2.24) is 19.9 Å². The van der Waals surface area contributed by atoms with Gasteiger partial charge in [0, 0.05) is 31.0 Å². The maximum Gasteiger partial charge on any atom is 0.277 e. The van der Waals surface area contributed by atoms with Crippen LogP contribution in [0.1, 0.15) is 24.8 Å². The molecule has 2 aromatic carbocycles. The highest BCUT2D eigenvalue weighted by Gasteiger charge is 2.15. The van der Waals surface area contributed by atoms with E-state index in [1.807, 2.05) is 30.3 Å². The predicted octanol–water partition coefficient (Wildman–Crippen LogP) is 3.21. The number of fused-ring (bicyclic) bond motifs is 3. The summed E-state index contributed by atoms with van der Waals surface area (Å²) >= 11 is 0. The van der Waals surface area contributed by atoms with E-state index >= 15 is 0 Å². The molecule has 2 N–H and O–H groups in total. The van der Waals surface area contributed by atoms with Crippen LogP contribution in [0, 0.1) is 0 Å². The minimum Gasteiger partial charge on any atom is -0.493 e. The highest BCUT2D eigenvalue weighted by atomic mass is 16.5. The Labute approximate surface area is 185 Å². The van der Waals surface area contributed by atoms with Crippen molar-refractivity contribution in [2.24, 2.45) is 0 Å². The van der Waals surface area contributed by atoms with Crippen LogP contribution in [0.3, 0.4) is 0 Å². The van der Waals surface area contributed by atoms with E-state index in [1.165, 1.54) is 16.5 Å². The minimum absolute atomic E-state index is 0.106. The van der Waals surface area contributed by atoms with E-state index in [1.54, 1.807) is 26.4 Å². The van der Waals surface area contributed by atoms with Crippen LogP contribution in [0.4, 0.5) is 0 Å². The lowest BCUT2D eigenvalue weighted by atomic mass is 10.0. The number of H-pyrrole nitrogens is 1. The fourth-order valence-electron chi connectivity index (χ4n) is 3.76. The Morgan fingerprint density at radius 2 is 1.88 bits per heavy atom. The molecule has 8 heteroatoms. The Morgan fingerprint density at radius 3 is 2.59 bits per heavy atom. The number of nitrogens with one attached hydrogen (secondary N) is 2. The van der Waals surface area contributed by atoms with Crippen molar-refractivity contribution in [2.75, 3.05) is 20.8 Å². The van der Waals surface area contributed by atoms with Crippen LogP contribution in [-0.2, 0) is 11.3 Å². The summed E-state index contributed by atoms with van der Waals surface area (Å²) < 4.78 is 12.1. The van der Waals surface area contributed by atoms with Crippen molar-refractivity contribution >= 4 is 27.8 Å². The number of benzene rings is 2. The largest absolute Gasteiger partial charge is 0.493 e. The van der Waals surface area contributed by atoms with Gasteiger partial charge in [-0.25, -0.2) is 4.98 Å². The van der Waals surface area contributed by atoms with Crippen molar-refractivity contribution in [3.8, 4) is 11.5 Å². The van der Waals surface area contributed by atoms with Gasteiger partial charge in [0.2, 0.25) is 5.91 Å². The van der Waals surface area contributed by atoms with Crippen LogP contribution in [0.25, 0.3) is 21.9 Å². The van der Waals surface area contributed by atoms with Gasteiger partial charge in [0.25, 0.3) is 5.56 Å². The number of aromatic nitrogens is 3. The average molecular weight is 434 g/mol. The summed E-state index contributed by atoms with van der Waals surface area (Å²) in [6, 6.07) is 13.6. The number of hydrogen-bond donors (Lipinski definition) is 2. The van der Waals surface area contributed by atoms with E-state index in [2.05, 4.69) is 22.2 Å². The highest BCUT2D eigenvalue weighted by Crippen LogP contribution is 2.34. The molecule has 2 aromatic heterocycles. The number of aromatic amines is 1. The number of ether oxygens (including phenoxy) is 2. The molecule has 166 valence electrons. The molecule has 1 unspecified atom stereocenters. The number of methoxy groups -OCH3 is 2. The third-order valence-electron chi connectivity index (χ3n) is 5.63. The van der Waals surface area contributed by atoms with Crippen molar-refractivity contribution in [1.29, 1.82) is 0 Å². The van der Waals surface area contributed by atoms with Crippen LogP contribution in [0.15, 0.2) is 53.6 Å². The first-order chi connectivity index (χ1) is 15.5. The van der Waals surface area contributed by atoms with Gasteiger partial charge in [0.05, 0.1) is 26.1 Å². The molecule has 0 spiro atoms. The van der Waals surface area contributed by atoms with E-state index < -0.39 is 0 Å². The molecule has 0 aliphatic rings. The lowest BCUT2D eigenvalue weighted by Gasteiger charge is -2.13. The Balaban J connectivity index is 1.47. The van der Waals surface area contributed by atoms with Gasteiger partial charge in [-0.2, -0.15) is 0 Å². The molecule has 0 saturated heterocycles. The zero-order valence-electron chi connectivity index (χ0n) is 18.3. The molecule has 2 heterocycles. The second kappa shape index (κ2) is 9.13. The van der Waals surface area contributed by atoms with Crippen molar-refractivity contribution in [3.63, 3.8) is 0 Å². The van der Waals surface area contributed by atoms with Gasteiger partial charge in [0.1, 0.15) is 11.0 Å². The summed E-state index contributed by atoms with van der Waals surface area (Å²) in [4.78, 5) is 32.9. The number of carbonyl (C=O) groups excluding carboxylic acids is 1. The molecular weight excluding hydrogens is 408 g/mol. The SMILES string of the molecule is COc1cc2[nH]c3c(=O)n(CCC(=O)NCC(C)c4ccccc4)cnc3c2cc1OC. The number of nitrogens with zero attached hydrogens (tertiary/aromatic N) is 2. The highest BCUT2D eigenvalue weighted by molar-refractivity contribution is 6.05. The molecule has 4 rings (SSSR count). The average Bonchev–Trinajstić information content (AvgIpc) is 3.20. The normalized spacial score (nSPS) is 12.1. The molecule has 0 bridgehead atoms. The third-order valence-corrected chi connectivity index (χ3v) is 5.63. The Kier molecular flexibility index (Phi) is 6.11. The van der Waals surface area contributed by atoms with Gasteiger partial charge in [-0.1, -0.05) is 37.3 Å². The number of rotatable bonds is 8. The molecule has 8 nitrogen and oxygen atoms in total. The van der Waals surface area contributed by atoms with Crippen LogP contribution in [0.5, 0.6) is 11.5 Å². The summed E-state index contributed by atoms with van der Waals surface area (Å²) in [6.45, 7) is 2.86. The van der Waals surface area contributed by atoms with Gasteiger partial charge >= 0.3 is 0 Å². The van der Waals surface area contributed by atoms with Crippen molar-refractivity contribution in [2.45, 2.75) is 25.8 Å².